The highest BCUT2D eigenvalue weighted by Crippen LogP contribution is 2.47. The van der Waals surface area contributed by atoms with E-state index in [2.05, 4.69) is 0 Å². The van der Waals surface area contributed by atoms with Crippen LogP contribution in [-0.2, 0) is 4.79 Å². The largest absolute Gasteiger partial charge is 0.327 e. The van der Waals surface area contributed by atoms with E-state index in [-0.39, 0.29) is 0 Å². The van der Waals surface area contributed by atoms with Crippen LogP contribution in [-0.4, -0.2) is 11.8 Å². The molecule has 2 heteroatoms. The van der Waals surface area contributed by atoms with Crippen molar-refractivity contribution in [2.45, 2.75) is 32.2 Å². The van der Waals surface area contributed by atoms with Gasteiger partial charge in [-0.1, -0.05) is 0 Å². The van der Waals surface area contributed by atoms with Crippen molar-refractivity contribution in [2.24, 2.45) is 23.5 Å². The van der Waals surface area contributed by atoms with Crippen molar-refractivity contribution in [3.05, 3.63) is 0 Å². The standard InChI is InChI=1S/C9H15NO/c1-5(11)7-2-6-3-8(7)9(10)4-6/h6-9H,2-4,10H2,1H3. The van der Waals surface area contributed by atoms with Crippen LogP contribution in [0.4, 0.5) is 0 Å². The molecular weight excluding hydrogens is 138 g/mol. The zero-order chi connectivity index (χ0) is 8.01. The second-order valence-electron chi connectivity index (χ2n) is 4.12. The molecule has 0 saturated heterocycles. The number of carbonyl (C=O) groups is 1. The summed E-state index contributed by atoms with van der Waals surface area (Å²) >= 11 is 0. The maximum absolute atomic E-state index is 11.1. The van der Waals surface area contributed by atoms with Crippen LogP contribution >= 0.6 is 0 Å². The maximum Gasteiger partial charge on any atom is 0.133 e. The van der Waals surface area contributed by atoms with E-state index in [9.17, 15) is 4.79 Å². The van der Waals surface area contributed by atoms with Crippen molar-refractivity contribution in [3.63, 3.8) is 0 Å². The molecule has 0 aromatic heterocycles. The minimum Gasteiger partial charge on any atom is -0.327 e. The first kappa shape index (κ1) is 7.29. The third-order valence-electron chi connectivity index (χ3n) is 3.39. The van der Waals surface area contributed by atoms with Crippen molar-refractivity contribution >= 4 is 5.78 Å². The zero-order valence-corrected chi connectivity index (χ0v) is 6.92. The molecule has 0 heterocycles. The van der Waals surface area contributed by atoms with Crippen LogP contribution < -0.4 is 5.73 Å². The van der Waals surface area contributed by atoms with Crippen molar-refractivity contribution in [3.8, 4) is 0 Å². The van der Waals surface area contributed by atoms with Crippen LogP contribution in [0.2, 0.25) is 0 Å². The third kappa shape index (κ3) is 1.00. The normalized spacial score (nSPS) is 48.2. The summed E-state index contributed by atoms with van der Waals surface area (Å²) in [6.07, 6.45) is 3.49. The molecule has 2 nitrogen and oxygen atoms in total. The predicted molar refractivity (Wildman–Crippen MR) is 43.0 cm³/mol. The van der Waals surface area contributed by atoms with Gasteiger partial charge in [-0.3, -0.25) is 4.79 Å². The van der Waals surface area contributed by atoms with E-state index in [0.717, 1.165) is 18.8 Å². The Morgan fingerprint density at radius 3 is 2.45 bits per heavy atom. The highest BCUT2D eigenvalue weighted by molar-refractivity contribution is 5.79. The Hall–Kier alpha value is -0.370. The van der Waals surface area contributed by atoms with Crippen LogP contribution in [0.15, 0.2) is 0 Å². The molecule has 2 saturated carbocycles. The maximum atomic E-state index is 11.1. The van der Waals surface area contributed by atoms with Gasteiger partial charge in [0.15, 0.2) is 0 Å². The number of rotatable bonds is 1. The molecule has 62 valence electrons. The highest BCUT2D eigenvalue weighted by atomic mass is 16.1. The van der Waals surface area contributed by atoms with Crippen molar-refractivity contribution in [1.29, 1.82) is 0 Å². The van der Waals surface area contributed by atoms with E-state index in [1.165, 1.54) is 6.42 Å². The van der Waals surface area contributed by atoms with E-state index in [1.807, 2.05) is 0 Å². The molecule has 2 N–H and O–H groups in total. The van der Waals surface area contributed by atoms with E-state index in [4.69, 9.17) is 5.73 Å². The van der Waals surface area contributed by atoms with Crippen LogP contribution in [0.1, 0.15) is 26.2 Å². The molecule has 2 rings (SSSR count). The number of ketones is 1. The summed E-state index contributed by atoms with van der Waals surface area (Å²) < 4.78 is 0. The molecule has 0 aromatic carbocycles. The fourth-order valence-corrected chi connectivity index (χ4v) is 2.87. The van der Waals surface area contributed by atoms with Gasteiger partial charge in [0.2, 0.25) is 0 Å². The van der Waals surface area contributed by atoms with Gasteiger partial charge in [-0.2, -0.15) is 0 Å². The summed E-state index contributed by atoms with van der Waals surface area (Å²) in [7, 11) is 0. The van der Waals surface area contributed by atoms with Crippen molar-refractivity contribution in [1.82, 2.24) is 0 Å². The second-order valence-corrected chi connectivity index (χ2v) is 4.12. The molecule has 4 unspecified atom stereocenters. The van der Waals surface area contributed by atoms with Gasteiger partial charge in [-0.05, 0) is 38.0 Å². The first-order valence-corrected chi connectivity index (χ1v) is 4.44. The lowest BCUT2D eigenvalue weighted by Gasteiger charge is -2.24. The van der Waals surface area contributed by atoms with Crippen LogP contribution in [0, 0.1) is 17.8 Å². The van der Waals surface area contributed by atoms with Crippen molar-refractivity contribution < 1.29 is 4.79 Å². The Bertz CT molecular complexity index is 190. The van der Waals surface area contributed by atoms with Gasteiger partial charge in [0, 0.05) is 12.0 Å². The fraction of sp³-hybridized carbons (Fsp3) is 0.889. The molecule has 2 fully saturated rings. The number of Topliss-reactive ketones (excluding diaryl/α,β-unsaturated/α-hetero) is 1. The molecular formula is C9H15NO. The Balaban J connectivity index is 2.12. The van der Waals surface area contributed by atoms with Crippen LogP contribution in [0.3, 0.4) is 0 Å². The molecule has 0 aliphatic heterocycles. The summed E-state index contributed by atoms with van der Waals surface area (Å²) in [5, 5.41) is 0. The molecule has 2 bridgehead atoms. The number of hydrogen-bond donors (Lipinski definition) is 1. The predicted octanol–water partition coefficient (Wildman–Crippen LogP) is 0.949. The van der Waals surface area contributed by atoms with E-state index >= 15 is 0 Å². The van der Waals surface area contributed by atoms with Crippen LogP contribution in [0.5, 0.6) is 0 Å². The van der Waals surface area contributed by atoms with Gasteiger partial charge in [-0.15, -0.1) is 0 Å². The van der Waals surface area contributed by atoms with E-state index < -0.39 is 0 Å². The average Bonchev–Trinajstić information content (AvgIpc) is 2.43. The zero-order valence-electron chi connectivity index (χ0n) is 6.92. The van der Waals surface area contributed by atoms with Crippen LogP contribution in [0.25, 0.3) is 0 Å². The fourth-order valence-electron chi connectivity index (χ4n) is 2.87. The highest BCUT2D eigenvalue weighted by Gasteiger charge is 2.46. The monoisotopic (exact) mass is 153 g/mol. The summed E-state index contributed by atoms with van der Waals surface area (Å²) in [4.78, 5) is 11.1. The average molecular weight is 153 g/mol. The molecule has 2 aliphatic carbocycles. The van der Waals surface area contributed by atoms with Gasteiger partial charge in [0.05, 0.1) is 0 Å². The lowest BCUT2D eigenvalue weighted by molar-refractivity contribution is -0.122. The van der Waals surface area contributed by atoms with E-state index in [0.29, 0.717) is 23.7 Å². The smallest absolute Gasteiger partial charge is 0.133 e. The Labute approximate surface area is 67.1 Å². The first-order chi connectivity index (χ1) is 5.18. The molecule has 4 atom stereocenters. The molecule has 0 amide bonds. The topological polar surface area (TPSA) is 43.1 Å². The minimum absolute atomic E-state index is 0.309. The number of fused-ring (bicyclic) bond motifs is 2. The number of hydrogen-bond acceptors (Lipinski definition) is 2. The van der Waals surface area contributed by atoms with Gasteiger partial charge < -0.3 is 5.73 Å². The van der Waals surface area contributed by atoms with Gasteiger partial charge >= 0.3 is 0 Å². The van der Waals surface area contributed by atoms with Gasteiger partial charge in [0.1, 0.15) is 5.78 Å². The summed E-state index contributed by atoms with van der Waals surface area (Å²) in [6.45, 7) is 1.71. The van der Waals surface area contributed by atoms with Crippen molar-refractivity contribution in [2.75, 3.05) is 0 Å². The first-order valence-electron chi connectivity index (χ1n) is 4.44. The summed E-state index contributed by atoms with van der Waals surface area (Å²) in [5.41, 5.74) is 5.90. The lowest BCUT2D eigenvalue weighted by Crippen LogP contribution is -2.34. The Morgan fingerprint density at radius 1 is 1.36 bits per heavy atom. The molecule has 0 aromatic rings. The molecule has 0 spiro atoms. The third-order valence-corrected chi connectivity index (χ3v) is 3.39. The number of nitrogens with two attached hydrogens (primary N) is 1. The lowest BCUT2D eigenvalue weighted by atomic mass is 9.83. The quantitative estimate of drug-likeness (QED) is 0.609. The van der Waals surface area contributed by atoms with Gasteiger partial charge in [-0.25, -0.2) is 0 Å². The van der Waals surface area contributed by atoms with Gasteiger partial charge in [0.25, 0.3) is 0 Å². The SMILES string of the molecule is CC(=O)C1CC2CC(N)C1C2. The number of carbonyl (C=O) groups excluding carboxylic acids is 1. The Morgan fingerprint density at radius 2 is 2.09 bits per heavy atom. The summed E-state index contributed by atoms with van der Waals surface area (Å²) in [6, 6.07) is 0.322. The molecule has 2 aliphatic rings. The summed E-state index contributed by atoms with van der Waals surface area (Å²) in [5.74, 6) is 1.96. The van der Waals surface area contributed by atoms with E-state index in [1.54, 1.807) is 6.92 Å². The molecule has 11 heavy (non-hydrogen) atoms. The Kier molecular flexibility index (Phi) is 1.53. The second kappa shape index (κ2) is 2.31. The molecule has 0 radical (unpaired) electrons. The minimum atomic E-state index is 0.309.